The second-order valence-corrected chi connectivity index (χ2v) is 8.00. The van der Waals surface area contributed by atoms with Crippen LogP contribution in [0.1, 0.15) is 29.8 Å². The maximum atomic E-state index is 13.5. The molecule has 2 unspecified atom stereocenters. The molecule has 32 heavy (non-hydrogen) atoms. The molecule has 0 aliphatic carbocycles. The fraction of sp³-hybridized carbons (Fsp3) is 0.280. The number of hydrogen-bond donors (Lipinski definition) is 2. The first-order valence-corrected chi connectivity index (χ1v) is 10.6. The number of aromatic nitrogens is 1. The van der Waals surface area contributed by atoms with Crippen molar-refractivity contribution in [3.05, 3.63) is 71.6 Å². The number of aromatic amines is 1. The number of rotatable bonds is 5. The van der Waals surface area contributed by atoms with Crippen LogP contribution < -0.4 is 10.1 Å². The van der Waals surface area contributed by atoms with Crippen LogP contribution in [0, 0.1) is 0 Å². The Balaban J connectivity index is 1.71. The number of carbonyl (C=O) groups excluding carboxylic acids is 2. The van der Waals surface area contributed by atoms with E-state index in [4.69, 9.17) is 9.47 Å². The molecule has 1 aliphatic heterocycles. The monoisotopic (exact) mass is 433 g/mol. The minimum atomic E-state index is -0.336. The van der Waals surface area contributed by atoms with Crippen molar-refractivity contribution in [2.75, 3.05) is 20.2 Å². The van der Waals surface area contributed by atoms with Gasteiger partial charge in [0.15, 0.2) is 0 Å². The SMILES string of the molecule is COc1ccc2[nH]cc(C=C(NC(=O)c3ccccc3)C(=O)N3CC(C)OC(C)C3)c2c1. The summed E-state index contributed by atoms with van der Waals surface area (Å²) >= 11 is 0. The number of ether oxygens (including phenoxy) is 2. The Morgan fingerprint density at radius 2 is 1.84 bits per heavy atom. The first kappa shape index (κ1) is 21.6. The zero-order valence-corrected chi connectivity index (χ0v) is 18.4. The Morgan fingerprint density at radius 3 is 2.53 bits per heavy atom. The molecule has 4 rings (SSSR count). The van der Waals surface area contributed by atoms with Gasteiger partial charge in [0.25, 0.3) is 11.8 Å². The van der Waals surface area contributed by atoms with E-state index in [1.165, 1.54) is 0 Å². The van der Waals surface area contributed by atoms with Crippen molar-refractivity contribution in [2.24, 2.45) is 0 Å². The smallest absolute Gasteiger partial charge is 0.270 e. The van der Waals surface area contributed by atoms with Crippen LogP contribution in [0.5, 0.6) is 5.75 Å². The van der Waals surface area contributed by atoms with E-state index >= 15 is 0 Å². The van der Waals surface area contributed by atoms with Crippen LogP contribution in [-0.2, 0) is 9.53 Å². The Morgan fingerprint density at radius 1 is 1.12 bits per heavy atom. The molecular formula is C25H27N3O4. The van der Waals surface area contributed by atoms with Gasteiger partial charge in [-0.25, -0.2) is 0 Å². The number of carbonyl (C=O) groups is 2. The van der Waals surface area contributed by atoms with Crippen molar-refractivity contribution >= 4 is 28.8 Å². The minimum Gasteiger partial charge on any atom is -0.497 e. The lowest BCUT2D eigenvalue weighted by Crippen LogP contribution is -2.50. The van der Waals surface area contributed by atoms with Crippen molar-refractivity contribution in [3.8, 4) is 5.75 Å². The van der Waals surface area contributed by atoms with E-state index in [0.29, 0.717) is 24.4 Å². The molecule has 7 heteroatoms. The summed E-state index contributed by atoms with van der Waals surface area (Å²) in [6.45, 7) is 4.80. The number of H-pyrrole nitrogens is 1. The normalized spacial score (nSPS) is 19.1. The van der Waals surface area contributed by atoms with Crippen molar-refractivity contribution in [1.82, 2.24) is 15.2 Å². The number of benzene rings is 2. The number of hydrogen-bond acceptors (Lipinski definition) is 4. The van der Waals surface area contributed by atoms with E-state index in [2.05, 4.69) is 10.3 Å². The maximum absolute atomic E-state index is 13.5. The molecule has 1 aromatic heterocycles. The summed E-state index contributed by atoms with van der Waals surface area (Å²) in [4.78, 5) is 31.3. The lowest BCUT2D eigenvalue weighted by atomic mass is 10.1. The molecular weight excluding hydrogens is 406 g/mol. The van der Waals surface area contributed by atoms with Crippen LogP contribution in [0.2, 0.25) is 0 Å². The molecule has 7 nitrogen and oxygen atoms in total. The minimum absolute atomic E-state index is 0.0777. The van der Waals surface area contributed by atoms with Gasteiger partial charge in [0.1, 0.15) is 11.4 Å². The van der Waals surface area contributed by atoms with Crippen LogP contribution in [0.3, 0.4) is 0 Å². The van der Waals surface area contributed by atoms with Gasteiger partial charge in [-0.15, -0.1) is 0 Å². The van der Waals surface area contributed by atoms with Gasteiger partial charge in [0.2, 0.25) is 0 Å². The summed E-state index contributed by atoms with van der Waals surface area (Å²) in [5, 5.41) is 3.73. The molecule has 0 saturated carbocycles. The van der Waals surface area contributed by atoms with E-state index < -0.39 is 0 Å². The van der Waals surface area contributed by atoms with Crippen LogP contribution in [0.25, 0.3) is 17.0 Å². The zero-order chi connectivity index (χ0) is 22.7. The van der Waals surface area contributed by atoms with Crippen molar-refractivity contribution < 1.29 is 19.1 Å². The van der Waals surface area contributed by atoms with Crippen molar-refractivity contribution in [2.45, 2.75) is 26.1 Å². The summed E-state index contributed by atoms with van der Waals surface area (Å²) < 4.78 is 11.1. The van der Waals surface area contributed by atoms with Gasteiger partial charge < -0.3 is 24.7 Å². The van der Waals surface area contributed by atoms with Gasteiger partial charge in [-0.1, -0.05) is 18.2 Å². The van der Waals surface area contributed by atoms with Crippen LogP contribution >= 0.6 is 0 Å². The van der Waals surface area contributed by atoms with E-state index in [9.17, 15) is 9.59 Å². The van der Waals surface area contributed by atoms with Crippen LogP contribution in [0.15, 0.2) is 60.4 Å². The molecule has 1 fully saturated rings. The standard InChI is InChI=1S/C25H27N3O4/c1-16-14-28(15-17(2)32-16)25(30)23(27-24(29)18-7-5-4-6-8-18)11-19-13-26-22-10-9-20(31-3)12-21(19)22/h4-13,16-17,26H,14-15H2,1-3H3,(H,27,29). The van der Waals surface area contributed by atoms with E-state index in [-0.39, 0.29) is 29.7 Å². The van der Waals surface area contributed by atoms with E-state index in [1.807, 2.05) is 44.3 Å². The third-order valence-corrected chi connectivity index (χ3v) is 5.44. The highest BCUT2D eigenvalue weighted by Crippen LogP contribution is 2.25. The Kier molecular flexibility index (Phi) is 6.28. The molecule has 166 valence electrons. The second-order valence-electron chi connectivity index (χ2n) is 8.00. The number of amides is 2. The number of morpholine rings is 1. The maximum Gasteiger partial charge on any atom is 0.270 e. The molecule has 2 aromatic carbocycles. The van der Waals surface area contributed by atoms with Crippen LogP contribution in [-0.4, -0.2) is 54.1 Å². The molecule has 0 spiro atoms. The molecule has 2 atom stereocenters. The first-order chi connectivity index (χ1) is 15.4. The molecule has 1 saturated heterocycles. The molecule has 2 N–H and O–H groups in total. The van der Waals surface area contributed by atoms with E-state index in [1.54, 1.807) is 42.4 Å². The molecule has 3 aromatic rings. The Labute approximate surface area is 187 Å². The number of methoxy groups -OCH3 is 1. The lowest BCUT2D eigenvalue weighted by molar-refractivity contribution is -0.139. The third-order valence-electron chi connectivity index (χ3n) is 5.44. The predicted octanol–water partition coefficient (Wildman–Crippen LogP) is 3.58. The molecule has 2 heterocycles. The number of fused-ring (bicyclic) bond motifs is 1. The predicted molar refractivity (Wildman–Crippen MR) is 123 cm³/mol. The van der Waals surface area contributed by atoms with Gasteiger partial charge in [-0.2, -0.15) is 0 Å². The van der Waals surface area contributed by atoms with Gasteiger partial charge >= 0.3 is 0 Å². The average molecular weight is 434 g/mol. The van der Waals surface area contributed by atoms with Gasteiger partial charge in [0, 0.05) is 41.3 Å². The van der Waals surface area contributed by atoms with Gasteiger partial charge in [-0.05, 0) is 50.3 Å². The van der Waals surface area contributed by atoms with E-state index in [0.717, 1.165) is 16.5 Å². The van der Waals surface area contributed by atoms with Gasteiger partial charge in [0.05, 0.1) is 19.3 Å². The summed E-state index contributed by atoms with van der Waals surface area (Å²) in [5.41, 5.74) is 2.39. The summed E-state index contributed by atoms with van der Waals surface area (Å²) in [6, 6.07) is 14.5. The highest BCUT2D eigenvalue weighted by atomic mass is 16.5. The molecule has 2 amide bonds. The van der Waals surface area contributed by atoms with Crippen molar-refractivity contribution in [3.63, 3.8) is 0 Å². The average Bonchev–Trinajstić information content (AvgIpc) is 3.19. The number of nitrogens with one attached hydrogen (secondary N) is 2. The summed E-state index contributed by atoms with van der Waals surface area (Å²) in [6.07, 6.45) is 3.38. The molecule has 0 radical (unpaired) electrons. The number of nitrogens with zero attached hydrogens (tertiary/aromatic N) is 1. The first-order valence-electron chi connectivity index (χ1n) is 10.6. The zero-order valence-electron chi connectivity index (χ0n) is 18.4. The quantitative estimate of drug-likeness (QED) is 0.603. The highest BCUT2D eigenvalue weighted by molar-refractivity contribution is 6.06. The third kappa shape index (κ3) is 4.68. The largest absolute Gasteiger partial charge is 0.497 e. The topological polar surface area (TPSA) is 83.7 Å². The summed E-state index contributed by atoms with van der Waals surface area (Å²) in [5.74, 6) is 0.134. The fourth-order valence-electron chi connectivity index (χ4n) is 3.97. The second kappa shape index (κ2) is 9.28. The Bertz CT molecular complexity index is 1140. The van der Waals surface area contributed by atoms with Gasteiger partial charge in [-0.3, -0.25) is 9.59 Å². The Hall–Kier alpha value is -3.58. The van der Waals surface area contributed by atoms with Crippen molar-refractivity contribution in [1.29, 1.82) is 0 Å². The van der Waals surface area contributed by atoms with Crippen LogP contribution in [0.4, 0.5) is 0 Å². The lowest BCUT2D eigenvalue weighted by Gasteiger charge is -2.35. The molecule has 1 aliphatic rings. The summed E-state index contributed by atoms with van der Waals surface area (Å²) in [7, 11) is 1.61. The molecule has 0 bridgehead atoms. The highest BCUT2D eigenvalue weighted by Gasteiger charge is 2.29. The fourth-order valence-corrected chi connectivity index (χ4v) is 3.97.